The first-order chi connectivity index (χ1) is 13.5. The van der Waals surface area contributed by atoms with Crippen molar-refractivity contribution in [1.29, 1.82) is 0 Å². The molecule has 0 spiro atoms. The molecule has 0 aliphatic rings. The van der Waals surface area contributed by atoms with Crippen molar-refractivity contribution in [3.63, 3.8) is 0 Å². The number of fused-ring (bicyclic) bond motifs is 1. The monoisotopic (exact) mass is 374 g/mol. The number of hydrogen-bond donors (Lipinski definition) is 2. The van der Waals surface area contributed by atoms with Crippen LogP contribution in [0.25, 0.3) is 21.9 Å². The average Bonchev–Trinajstić information content (AvgIpc) is 2.72. The van der Waals surface area contributed by atoms with Gasteiger partial charge in [-0.2, -0.15) is 5.10 Å². The van der Waals surface area contributed by atoms with E-state index in [2.05, 4.69) is 21.8 Å². The van der Waals surface area contributed by atoms with Crippen LogP contribution in [0.2, 0.25) is 0 Å². The van der Waals surface area contributed by atoms with E-state index in [0.717, 1.165) is 27.8 Å². The molecule has 0 unspecified atom stereocenters. The summed E-state index contributed by atoms with van der Waals surface area (Å²) in [6, 6.07) is 7.45. The Hall–Kier alpha value is -3.51. The Morgan fingerprint density at radius 2 is 2.00 bits per heavy atom. The van der Waals surface area contributed by atoms with Crippen LogP contribution in [0.4, 0.5) is 0 Å². The number of aromatic nitrogens is 3. The highest BCUT2D eigenvalue weighted by atomic mass is 16.5. The second-order valence-electron chi connectivity index (χ2n) is 6.37. The zero-order chi connectivity index (χ0) is 20.1. The Bertz CT molecular complexity index is 1140. The summed E-state index contributed by atoms with van der Waals surface area (Å²) in [5.41, 5.74) is 8.97. The normalized spacial score (nSPS) is 12.2. The van der Waals surface area contributed by atoms with Crippen molar-refractivity contribution >= 4 is 10.8 Å². The van der Waals surface area contributed by atoms with E-state index in [-0.39, 0.29) is 12.1 Å². The number of hydrogen-bond acceptors (Lipinski definition) is 5. The lowest BCUT2D eigenvalue weighted by molar-refractivity contribution is 0.426. The average molecular weight is 374 g/mol. The van der Waals surface area contributed by atoms with E-state index in [1.54, 1.807) is 24.5 Å². The lowest BCUT2D eigenvalue weighted by Gasteiger charge is -2.09. The second kappa shape index (κ2) is 8.45. The highest BCUT2D eigenvalue weighted by molar-refractivity contribution is 5.88. The number of pyridine rings is 1. The maximum absolute atomic E-state index is 12.0. The van der Waals surface area contributed by atoms with Gasteiger partial charge in [-0.15, -0.1) is 0 Å². The molecule has 0 bridgehead atoms. The van der Waals surface area contributed by atoms with Crippen molar-refractivity contribution in [2.45, 2.75) is 20.4 Å². The predicted octanol–water partition coefficient (Wildman–Crippen LogP) is 3.86. The summed E-state index contributed by atoms with van der Waals surface area (Å²) in [6.45, 7) is 7.80. The van der Waals surface area contributed by atoms with Gasteiger partial charge in [-0.05, 0) is 43.7 Å². The molecule has 28 heavy (non-hydrogen) atoms. The number of benzene rings is 1. The van der Waals surface area contributed by atoms with E-state index in [4.69, 9.17) is 10.5 Å². The van der Waals surface area contributed by atoms with E-state index in [1.807, 2.05) is 44.2 Å². The highest BCUT2D eigenvalue weighted by Crippen LogP contribution is 2.27. The Morgan fingerprint density at radius 3 is 2.75 bits per heavy atom. The fourth-order valence-corrected chi connectivity index (χ4v) is 2.72. The zero-order valence-electron chi connectivity index (χ0n) is 15.9. The molecule has 1 aromatic carbocycles. The van der Waals surface area contributed by atoms with E-state index >= 15 is 0 Å². The van der Waals surface area contributed by atoms with E-state index in [1.165, 1.54) is 0 Å². The third-order valence-corrected chi connectivity index (χ3v) is 4.29. The molecule has 0 atom stereocenters. The number of nitrogens with one attached hydrogen (secondary N) is 1. The molecule has 2 heterocycles. The number of H-pyrrole nitrogens is 1. The zero-order valence-corrected chi connectivity index (χ0v) is 15.9. The first-order valence-corrected chi connectivity index (χ1v) is 8.84. The van der Waals surface area contributed by atoms with Gasteiger partial charge in [0.25, 0.3) is 5.56 Å². The Morgan fingerprint density at radius 1 is 1.18 bits per heavy atom. The van der Waals surface area contributed by atoms with Crippen molar-refractivity contribution in [3.05, 3.63) is 88.8 Å². The first-order valence-electron chi connectivity index (χ1n) is 8.84. The SMILES string of the molecule is C=C/C(C)=C\C=C(/C)Oc1cncc(-c2ccc3c(=O)[nH]nc(CN)c3c2)c1. The van der Waals surface area contributed by atoms with Crippen LogP contribution in [0, 0.1) is 0 Å². The fourth-order valence-electron chi connectivity index (χ4n) is 2.72. The van der Waals surface area contributed by atoms with Crippen LogP contribution in [0.1, 0.15) is 19.5 Å². The minimum atomic E-state index is -0.238. The standard InChI is InChI=1S/C22H22N4O2/c1-4-14(2)5-6-15(3)28-18-9-17(12-24-13-18)16-7-8-19-20(10-16)21(11-23)25-26-22(19)27/h4-10,12-13H,1,11,23H2,2-3H3,(H,26,27)/b14-5-,15-6+. The lowest BCUT2D eigenvalue weighted by Crippen LogP contribution is -2.13. The van der Waals surface area contributed by atoms with Gasteiger partial charge in [-0.3, -0.25) is 9.78 Å². The van der Waals surface area contributed by atoms with Crippen molar-refractivity contribution < 1.29 is 4.74 Å². The lowest BCUT2D eigenvalue weighted by atomic mass is 10.0. The molecule has 3 N–H and O–H groups in total. The van der Waals surface area contributed by atoms with Crippen LogP contribution < -0.4 is 16.0 Å². The van der Waals surface area contributed by atoms with Gasteiger partial charge in [0.1, 0.15) is 11.5 Å². The second-order valence-corrected chi connectivity index (χ2v) is 6.37. The number of aromatic amines is 1. The molecule has 0 saturated heterocycles. The van der Waals surface area contributed by atoms with Crippen LogP contribution in [-0.2, 0) is 6.54 Å². The number of nitrogens with zero attached hydrogens (tertiary/aromatic N) is 2. The largest absolute Gasteiger partial charge is 0.460 e. The van der Waals surface area contributed by atoms with Crippen molar-refractivity contribution in [3.8, 4) is 16.9 Å². The van der Waals surface area contributed by atoms with Crippen LogP contribution in [0.3, 0.4) is 0 Å². The van der Waals surface area contributed by atoms with E-state index in [9.17, 15) is 4.79 Å². The number of nitrogens with two attached hydrogens (primary N) is 1. The van der Waals surface area contributed by atoms with E-state index in [0.29, 0.717) is 16.8 Å². The minimum absolute atomic E-state index is 0.236. The molecule has 0 radical (unpaired) electrons. The van der Waals surface area contributed by atoms with E-state index < -0.39 is 0 Å². The first kappa shape index (κ1) is 19.3. The molecule has 0 aliphatic carbocycles. The predicted molar refractivity (Wildman–Crippen MR) is 112 cm³/mol. The summed E-state index contributed by atoms with van der Waals surface area (Å²) < 4.78 is 5.86. The number of allylic oxidation sites excluding steroid dienone is 5. The van der Waals surface area contributed by atoms with Crippen LogP contribution in [-0.4, -0.2) is 15.2 Å². The minimum Gasteiger partial charge on any atom is -0.460 e. The van der Waals surface area contributed by atoms with Crippen LogP contribution >= 0.6 is 0 Å². The Kier molecular flexibility index (Phi) is 5.81. The van der Waals surface area contributed by atoms with Gasteiger partial charge in [0.2, 0.25) is 0 Å². The third kappa shape index (κ3) is 4.24. The molecule has 0 aliphatic heterocycles. The third-order valence-electron chi connectivity index (χ3n) is 4.29. The molecular weight excluding hydrogens is 352 g/mol. The quantitative estimate of drug-likeness (QED) is 0.505. The Labute approximate surface area is 163 Å². The number of rotatable bonds is 6. The van der Waals surface area contributed by atoms with Gasteiger partial charge in [-0.1, -0.05) is 30.4 Å². The topological polar surface area (TPSA) is 93.9 Å². The molecule has 0 amide bonds. The van der Waals surface area contributed by atoms with Crippen molar-refractivity contribution in [1.82, 2.24) is 15.2 Å². The summed E-state index contributed by atoms with van der Waals surface area (Å²) in [4.78, 5) is 16.3. The summed E-state index contributed by atoms with van der Waals surface area (Å²) in [6.07, 6.45) is 9.00. The summed E-state index contributed by atoms with van der Waals surface area (Å²) in [7, 11) is 0. The fraction of sp³-hybridized carbons (Fsp3) is 0.136. The molecule has 142 valence electrons. The molecule has 0 fully saturated rings. The van der Waals surface area contributed by atoms with Gasteiger partial charge < -0.3 is 10.5 Å². The molecule has 6 nitrogen and oxygen atoms in total. The molecule has 6 heteroatoms. The van der Waals surface area contributed by atoms with Crippen LogP contribution in [0.5, 0.6) is 5.75 Å². The van der Waals surface area contributed by atoms with Crippen molar-refractivity contribution in [2.24, 2.45) is 5.73 Å². The Balaban J connectivity index is 1.96. The van der Waals surface area contributed by atoms with Gasteiger partial charge >= 0.3 is 0 Å². The maximum Gasteiger partial charge on any atom is 0.272 e. The highest BCUT2D eigenvalue weighted by Gasteiger charge is 2.08. The molecule has 3 aromatic rings. The summed E-state index contributed by atoms with van der Waals surface area (Å²) in [5.74, 6) is 1.36. The maximum atomic E-state index is 12.0. The molecule has 2 aromatic heterocycles. The summed E-state index contributed by atoms with van der Waals surface area (Å²) in [5, 5.41) is 7.80. The van der Waals surface area contributed by atoms with Crippen molar-refractivity contribution in [2.75, 3.05) is 0 Å². The molecule has 3 rings (SSSR count). The van der Waals surface area contributed by atoms with Gasteiger partial charge in [0, 0.05) is 23.7 Å². The smallest absolute Gasteiger partial charge is 0.272 e. The van der Waals surface area contributed by atoms with Gasteiger partial charge in [0.15, 0.2) is 0 Å². The molecule has 0 saturated carbocycles. The van der Waals surface area contributed by atoms with Gasteiger partial charge in [-0.25, -0.2) is 5.10 Å². The van der Waals surface area contributed by atoms with Crippen LogP contribution in [0.15, 0.2) is 77.6 Å². The summed E-state index contributed by atoms with van der Waals surface area (Å²) >= 11 is 0. The number of ether oxygens (including phenoxy) is 1. The van der Waals surface area contributed by atoms with Gasteiger partial charge in [0.05, 0.1) is 17.3 Å². The molecular formula is C22H22N4O2.